The number of ether oxygens (including phenoxy) is 2. The second-order valence-electron chi connectivity index (χ2n) is 17.4. The number of nitrogens with zero attached hydrogens (tertiary/aromatic N) is 4. The first kappa shape index (κ1) is 42.2. The van der Waals surface area contributed by atoms with Crippen molar-refractivity contribution < 1.29 is 32.6 Å². The average Bonchev–Trinajstić information content (AvgIpc) is 3.20. The summed E-state index contributed by atoms with van der Waals surface area (Å²) in [4.78, 5) is 35.2. The van der Waals surface area contributed by atoms with Crippen LogP contribution in [0.15, 0.2) is 36.4 Å². The summed E-state index contributed by atoms with van der Waals surface area (Å²) in [6.45, 7) is 12.1. The Balaban J connectivity index is 1.16. The predicted octanol–water partition coefficient (Wildman–Crippen LogP) is 4.95. The Labute approximate surface area is 344 Å². The van der Waals surface area contributed by atoms with Crippen LogP contribution < -0.4 is 14.4 Å². The summed E-state index contributed by atoms with van der Waals surface area (Å²) in [6.07, 6.45) is 6.92. The number of fused-ring (bicyclic) bond motifs is 4. The number of carbonyl (C=O) groups excluding carboxylic acids is 2. The average molecular weight is 829 g/mol. The summed E-state index contributed by atoms with van der Waals surface area (Å²) in [6, 6.07) is 11.5. The fourth-order valence-electron chi connectivity index (χ4n) is 9.96. The molecule has 4 aliphatic heterocycles. The Kier molecular flexibility index (Phi) is 13.4. The lowest BCUT2D eigenvalue weighted by atomic mass is 9.62. The van der Waals surface area contributed by atoms with Crippen molar-refractivity contribution in [1.82, 2.24) is 19.4 Å². The van der Waals surface area contributed by atoms with Crippen molar-refractivity contribution in [1.29, 1.82) is 0 Å². The normalized spacial score (nSPS) is 30.6. The molecule has 1 saturated carbocycles. The molecular weight excluding hydrogens is 766 g/mol. The van der Waals surface area contributed by atoms with E-state index in [1.807, 2.05) is 25.1 Å². The Hall–Kier alpha value is -2.94. The molecule has 2 saturated heterocycles. The van der Waals surface area contributed by atoms with E-state index in [4.69, 9.17) is 21.1 Å². The SMILES string of the molecule is COC(=O)CCN1CCN2CCN(C[C@@]3(O)CCC[C@H](C)[C@@H](C)S(=O)(=O)NC(=O)c4ccc5c(c4)N(CCCCc4cc(Cl)ccc4CO5)C[C@@H]4CC[C@H]43)CC2C1. The number of hydrogen-bond donors (Lipinski definition) is 2. The summed E-state index contributed by atoms with van der Waals surface area (Å²) < 4.78 is 41.1. The highest BCUT2D eigenvalue weighted by molar-refractivity contribution is 7.90. The molecule has 1 amide bonds. The lowest BCUT2D eigenvalue weighted by molar-refractivity contribution is -0.141. The fourth-order valence-corrected chi connectivity index (χ4v) is 11.5. The first-order valence-corrected chi connectivity index (χ1v) is 23.1. The minimum atomic E-state index is -3.98. The van der Waals surface area contributed by atoms with Crippen molar-refractivity contribution in [3.8, 4) is 5.75 Å². The highest BCUT2D eigenvalue weighted by Crippen LogP contribution is 2.47. The molecule has 1 unspecified atom stereocenters. The number of benzene rings is 2. The summed E-state index contributed by atoms with van der Waals surface area (Å²) in [5.41, 5.74) is 2.32. The Morgan fingerprint density at radius 1 is 0.965 bits per heavy atom. The smallest absolute Gasteiger partial charge is 0.306 e. The minimum Gasteiger partial charge on any atom is -0.487 e. The topological polar surface area (TPSA) is 132 Å². The van der Waals surface area contributed by atoms with Crippen molar-refractivity contribution in [2.24, 2.45) is 17.8 Å². The van der Waals surface area contributed by atoms with Crippen molar-refractivity contribution in [2.75, 3.05) is 77.5 Å². The fraction of sp³-hybridized carbons (Fsp3) is 0.674. The third kappa shape index (κ3) is 9.92. The number of aliphatic hydroxyl groups is 1. The van der Waals surface area contributed by atoms with Gasteiger partial charge in [0.25, 0.3) is 5.91 Å². The number of carbonyl (C=O) groups is 2. The molecule has 3 fully saturated rings. The maximum absolute atomic E-state index is 13.6. The molecule has 2 bridgehead atoms. The summed E-state index contributed by atoms with van der Waals surface area (Å²) >= 11 is 6.41. The number of hydrogen-bond acceptors (Lipinski definition) is 11. The van der Waals surface area contributed by atoms with Gasteiger partial charge in [-0.05, 0) is 111 Å². The molecule has 2 aromatic carbocycles. The molecule has 0 radical (unpaired) electrons. The molecule has 2 N–H and O–H groups in total. The number of amides is 1. The van der Waals surface area contributed by atoms with Crippen molar-refractivity contribution >= 4 is 39.2 Å². The van der Waals surface area contributed by atoms with E-state index >= 15 is 0 Å². The maximum Gasteiger partial charge on any atom is 0.306 e. The number of piperazine rings is 2. The van der Waals surface area contributed by atoms with Gasteiger partial charge in [-0.25, -0.2) is 13.1 Å². The van der Waals surface area contributed by atoms with Crippen molar-refractivity contribution in [3.05, 3.63) is 58.1 Å². The first-order valence-electron chi connectivity index (χ1n) is 21.1. The number of β-amino-alcohol motifs (C(OH)–C–C–N with tert-alkyl or cyclic N) is 1. The number of methoxy groups -OCH3 is 1. The third-order valence-corrected chi connectivity index (χ3v) is 16.0. The number of rotatable bonds is 5. The van der Waals surface area contributed by atoms with Gasteiger partial charge in [0.15, 0.2) is 0 Å². The summed E-state index contributed by atoms with van der Waals surface area (Å²) in [7, 11) is -2.55. The van der Waals surface area contributed by atoms with Gasteiger partial charge in [-0.1, -0.05) is 31.0 Å². The molecule has 2 aromatic rings. The summed E-state index contributed by atoms with van der Waals surface area (Å²) in [5.74, 6) is -0.105. The zero-order valence-corrected chi connectivity index (χ0v) is 35.5. The molecule has 57 heavy (non-hydrogen) atoms. The van der Waals surface area contributed by atoms with Crippen LogP contribution in [-0.2, 0) is 32.6 Å². The van der Waals surface area contributed by atoms with E-state index in [9.17, 15) is 23.1 Å². The van der Waals surface area contributed by atoms with Gasteiger partial charge in [-0.2, -0.15) is 0 Å². The number of sulfonamides is 1. The lowest BCUT2D eigenvalue weighted by Crippen LogP contribution is -2.64. The Bertz CT molecular complexity index is 1870. The number of anilines is 1. The summed E-state index contributed by atoms with van der Waals surface area (Å²) in [5, 5.41) is 12.9. The molecule has 4 heterocycles. The predicted molar refractivity (Wildman–Crippen MR) is 222 cm³/mol. The molecule has 14 heteroatoms. The molecule has 0 spiro atoms. The van der Waals surface area contributed by atoms with E-state index in [1.165, 1.54) is 12.7 Å². The molecule has 314 valence electrons. The number of nitrogens with one attached hydrogen (secondary N) is 1. The quantitative estimate of drug-likeness (QED) is 0.397. The number of esters is 1. The van der Waals surface area contributed by atoms with Crippen molar-refractivity contribution in [2.45, 2.75) is 95.1 Å². The van der Waals surface area contributed by atoms with Gasteiger partial charge >= 0.3 is 5.97 Å². The van der Waals surface area contributed by atoms with E-state index < -0.39 is 26.8 Å². The highest BCUT2D eigenvalue weighted by atomic mass is 35.5. The van der Waals surface area contributed by atoms with Crippen LogP contribution >= 0.6 is 11.6 Å². The van der Waals surface area contributed by atoms with E-state index in [0.717, 1.165) is 89.2 Å². The molecular formula is C43H62ClN5O7S. The van der Waals surface area contributed by atoms with Crippen LogP contribution in [0.2, 0.25) is 5.02 Å². The standard InChI is InChI=1S/C43H62ClN5O7S/c1-30-7-6-16-43(52,29-47-20-22-48-21-19-46(26-37(48)27-47)18-15-41(50)55-3)38-13-10-34(38)25-49-17-5-4-8-32-23-36(44)12-9-35(32)28-56-40-14-11-33(24-39(40)49)42(51)45-57(53,54)31(30)2/h9,11-12,14,23-24,30-31,34,37-38,52H,4-8,10,13,15-22,25-29H2,1-3H3,(H,45,51)/t30-,31+,34-,37?,38+,43-/m0/s1. The van der Waals surface area contributed by atoms with E-state index in [-0.39, 0.29) is 29.3 Å². The molecule has 5 aliphatic rings. The highest BCUT2D eigenvalue weighted by Gasteiger charge is 2.48. The maximum atomic E-state index is 13.6. The Morgan fingerprint density at radius 3 is 2.53 bits per heavy atom. The number of halogens is 1. The van der Waals surface area contributed by atoms with Gasteiger partial charge in [-0.15, -0.1) is 0 Å². The Morgan fingerprint density at radius 2 is 1.75 bits per heavy atom. The monoisotopic (exact) mass is 827 g/mol. The first-order chi connectivity index (χ1) is 27.3. The van der Waals surface area contributed by atoms with Crippen LogP contribution in [0.4, 0.5) is 5.69 Å². The van der Waals surface area contributed by atoms with Gasteiger partial charge < -0.3 is 19.5 Å². The van der Waals surface area contributed by atoms with E-state index in [0.29, 0.717) is 68.7 Å². The lowest BCUT2D eigenvalue weighted by Gasteiger charge is -2.53. The minimum absolute atomic E-state index is 0.0724. The third-order valence-electron chi connectivity index (χ3n) is 13.8. The largest absolute Gasteiger partial charge is 0.487 e. The molecule has 1 aliphatic carbocycles. The molecule has 7 rings (SSSR count). The van der Waals surface area contributed by atoms with Gasteiger partial charge in [-0.3, -0.25) is 24.3 Å². The second kappa shape index (κ2) is 18.1. The molecule has 6 atom stereocenters. The van der Waals surface area contributed by atoms with E-state index in [2.05, 4.69) is 24.3 Å². The van der Waals surface area contributed by atoms with E-state index in [1.54, 1.807) is 25.1 Å². The van der Waals surface area contributed by atoms with Gasteiger partial charge in [0.1, 0.15) is 12.4 Å². The second-order valence-corrected chi connectivity index (χ2v) is 19.9. The van der Waals surface area contributed by atoms with Crippen LogP contribution in [0.3, 0.4) is 0 Å². The zero-order valence-electron chi connectivity index (χ0n) is 34.0. The van der Waals surface area contributed by atoms with Crippen LogP contribution in [0.1, 0.15) is 86.7 Å². The van der Waals surface area contributed by atoms with Gasteiger partial charge in [0.2, 0.25) is 10.0 Å². The zero-order chi connectivity index (χ0) is 40.3. The van der Waals surface area contributed by atoms with Gasteiger partial charge in [0.05, 0.1) is 30.1 Å². The van der Waals surface area contributed by atoms with Crippen LogP contribution in [0.5, 0.6) is 5.75 Å². The molecule has 0 aromatic heterocycles. The van der Waals surface area contributed by atoms with Crippen LogP contribution in [0, 0.1) is 17.8 Å². The van der Waals surface area contributed by atoms with Crippen LogP contribution in [0.25, 0.3) is 0 Å². The van der Waals surface area contributed by atoms with Crippen molar-refractivity contribution in [3.63, 3.8) is 0 Å². The number of aryl methyl sites for hydroxylation is 1. The van der Waals surface area contributed by atoms with Gasteiger partial charge in [0, 0.05) is 82.1 Å². The molecule has 12 nitrogen and oxygen atoms in total. The van der Waals surface area contributed by atoms with Crippen LogP contribution in [-0.4, -0.2) is 130 Å².